The van der Waals surface area contributed by atoms with Crippen LogP contribution in [0.15, 0.2) is 48.5 Å². The molecule has 1 amide bonds. The molecular formula is C19H22N2O2. The summed E-state index contributed by atoms with van der Waals surface area (Å²) in [6.45, 7) is 1.89. The average molecular weight is 310 g/mol. The molecule has 4 heteroatoms. The van der Waals surface area contributed by atoms with Crippen LogP contribution in [0.2, 0.25) is 0 Å². The third-order valence-electron chi connectivity index (χ3n) is 4.34. The van der Waals surface area contributed by atoms with Gasteiger partial charge in [0, 0.05) is 6.04 Å². The minimum absolute atomic E-state index is 0.0566. The van der Waals surface area contributed by atoms with E-state index in [1.54, 1.807) is 7.11 Å². The number of nitrogens with one attached hydrogen (secondary N) is 2. The van der Waals surface area contributed by atoms with Gasteiger partial charge in [0.25, 0.3) is 0 Å². The van der Waals surface area contributed by atoms with E-state index in [1.165, 1.54) is 11.1 Å². The molecule has 0 saturated carbocycles. The van der Waals surface area contributed by atoms with E-state index in [4.69, 9.17) is 4.74 Å². The Hall–Kier alpha value is -2.33. The van der Waals surface area contributed by atoms with Crippen molar-refractivity contribution in [3.05, 3.63) is 59.7 Å². The number of carbonyl (C=O) groups excluding carboxylic acids is 1. The van der Waals surface area contributed by atoms with Crippen LogP contribution in [0.3, 0.4) is 0 Å². The highest BCUT2D eigenvalue weighted by atomic mass is 16.5. The molecule has 2 aromatic carbocycles. The van der Waals surface area contributed by atoms with Gasteiger partial charge in [0.15, 0.2) is 0 Å². The molecule has 0 spiro atoms. The molecule has 0 aromatic heterocycles. The van der Waals surface area contributed by atoms with E-state index in [-0.39, 0.29) is 18.0 Å². The monoisotopic (exact) mass is 310 g/mol. The van der Waals surface area contributed by atoms with Gasteiger partial charge in [-0.2, -0.15) is 0 Å². The molecule has 2 unspecified atom stereocenters. The molecule has 0 aliphatic heterocycles. The number of aryl methyl sites for hydroxylation is 1. The molecule has 0 heterocycles. The lowest BCUT2D eigenvalue weighted by Gasteiger charge is -2.20. The first-order valence-electron chi connectivity index (χ1n) is 7.97. The van der Waals surface area contributed by atoms with Crippen LogP contribution in [0.1, 0.15) is 30.5 Å². The van der Waals surface area contributed by atoms with Gasteiger partial charge in [-0.25, -0.2) is 0 Å². The van der Waals surface area contributed by atoms with Gasteiger partial charge >= 0.3 is 0 Å². The lowest BCUT2D eigenvalue weighted by Crippen LogP contribution is -2.39. The van der Waals surface area contributed by atoms with E-state index in [1.807, 2.05) is 31.2 Å². The highest BCUT2D eigenvalue weighted by Gasteiger charge is 2.25. The minimum atomic E-state index is -0.281. The third-order valence-corrected chi connectivity index (χ3v) is 4.34. The van der Waals surface area contributed by atoms with Crippen molar-refractivity contribution >= 4 is 11.6 Å². The number of hydrogen-bond acceptors (Lipinski definition) is 3. The van der Waals surface area contributed by atoms with E-state index in [0.717, 1.165) is 12.8 Å². The quantitative estimate of drug-likeness (QED) is 0.891. The van der Waals surface area contributed by atoms with Crippen LogP contribution in [-0.4, -0.2) is 19.1 Å². The first-order chi connectivity index (χ1) is 11.2. The molecule has 0 saturated heterocycles. The number of amides is 1. The lowest BCUT2D eigenvalue weighted by atomic mass is 10.1. The zero-order valence-corrected chi connectivity index (χ0v) is 13.5. The fraction of sp³-hybridized carbons (Fsp3) is 0.316. The molecule has 1 aliphatic carbocycles. The number of anilines is 1. The summed E-state index contributed by atoms with van der Waals surface area (Å²) in [6.07, 6.45) is 2.10. The lowest BCUT2D eigenvalue weighted by molar-refractivity contribution is -0.118. The molecular weight excluding hydrogens is 288 g/mol. The maximum atomic E-state index is 12.5. The minimum Gasteiger partial charge on any atom is -0.495 e. The van der Waals surface area contributed by atoms with Gasteiger partial charge in [0.05, 0.1) is 18.8 Å². The summed E-state index contributed by atoms with van der Waals surface area (Å²) in [5.74, 6) is 0.609. The molecule has 0 fully saturated rings. The molecule has 23 heavy (non-hydrogen) atoms. The number of carbonyl (C=O) groups is 1. The van der Waals surface area contributed by atoms with Gasteiger partial charge < -0.3 is 10.1 Å². The predicted octanol–water partition coefficient (Wildman–Crippen LogP) is 3.30. The van der Waals surface area contributed by atoms with Crippen LogP contribution in [0.4, 0.5) is 5.69 Å². The van der Waals surface area contributed by atoms with Crippen LogP contribution in [0.5, 0.6) is 5.75 Å². The Labute approximate surface area is 136 Å². The normalized spacial score (nSPS) is 17.4. The molecule has 1 aliphatic rings. The van der Waals surface area contributed by atoms with Crippen LogP contribution < -0.4 is 15.4 Å². The van der Waals surface area contributed by atoms with Crippen molar-refractivity contribution in [2.24, 2.45) is 0 Å². The number of benzene rings is 2. The smallest absolute Gasteiger partial charge is 0.241 e. The topological polar surface area (TPSA) is 50.4 Å². The van der Waals surface area contributed by atoms with E-state index in [9.17, 15) is 4.79 Å². The Kier molecular flexibility index (Phi) is 4.63. The fourth-order valence-corrected chi connectivity index (χ4v) is 3.10. The van der Waals surface area contributed by atoms with E-state index < -0.39 is 0 Å². The zero-order valence-electron chi connectivity index (χ0n) is 13.5. The van der Waals surface area contributed by atoms with Crippen molar-refractivity contribution in [1.82, 2.24) is 5.32 Å². The van der Waals surface area contributed by atoms with Crippen molar-refractivity contribution < 1.29 is 9.53 Å². The first-order valence-corrected chi connectivity index (χ1v) is 7.97. The second-order valence-corrected chi connectivity index (χ2v) is 5.87. The van der Waals surface area contributed by atoms with Crippen molar-refractivity contribution in [3.63, 3.8) is 0 Å². The van der Waals surface area contributed by atoms with E-state index in [0.29, 0.717) is 11.4 Å². The fourth-order valence-electron chi connectivity index (χ4n) is 3.10. The average Bonchev–Trinajstić information content (AvgIpc) is 2.98. The largest absolute Gasteiger partial charge is 0.495 e. The van der Waals surface area contributed by atoms with Gasteiger partial charge in [-0.1, -0.05) is 36.4 Å². The Morgan fingerprint density at radius 2 is 1.91 bits per heavy atom. The molecule has 2 aromatic rings. The molecule has 2 atom stereocenters. The summed E-state index contributed by atoms with van der Waals surface area (Å²) in [4.78, 5) is 12.5. The van der Waals surface area contributed by atoms with Crippen molar-refractivity contribution in [1.29, 1.82) is 0 Å². The highest BCUT2D eigenvalue weighted by molar-refractivity contribution is 5.95. The van der Waals surface area contributed by atoms with Crippen molar-refractivity contribution in [2.45, 2.75) is 31.8 Å². The molecule has 3 rings (SSSR count). The Bertz CT molecular complexity index is 699. The van der Waals surface area contributed by atoms with Gasteiger partial charge in [0.1, 0.15) is 5.75 Å². The Morgan fingerprint density at radius 1 is 1.17 bits per heavy atom. The standard InChI is InChI=1S/C19H22N2O2/c1-13(19(22)21-17-9-5-6-10-18(17)23-2)20-16-12-11-14-7-3-4-8-15(14)16/h3-10,13,16,20H,11-12H2,1-2H3,(H,21,22). The summed E-state index contributed by atoms with van der Waals surface area (Å²) in [5.41, 5.74) is 3.38. The predicted molar refractivity (Wildman–Crippen MR) is 91.7 cm³/mol. The van der Waals surface area contributed by atoms with Gasteiger partial charge in [-0.15, -0.1) is 0 Å². The summed E-state index contributed by atoms with van der Waals surface area (Å²) in [5, 5.41) is 6.37. The number of para-hydroxylation sites is 2. The maximum Gasteiger partial charge on any atom is 0.241 e. The summed E-state index contributed by atoms with van der Waals surface area (Å²) in [6, 6.07) is 15.8. The van der Waals surface area contributed by atoms with Gasteiger partial charge in [0.2, 0.25) is 5.91 Å². The van der Waals surface area contributed by atoms with E-state index >= 15 is 0 Å². The van der Waals surface area contributed by atoms with Crippen LogP contribution in [0.25, 0.3) is 0 Å². The Balaban J connectivity index is 1.65. The summed E-state index contributed by atoms with van der Waals surface area (Å²) < 4.78 is 5.27. The number of hydrogen-bond donors (Lipinski definition) is 2. The van der Waals surface area contributed by atoms with Crippen molar-refractivity contribution in [2.75, 3.05) is 12.4 Å². The van der Waals surface area contributed by atoms with Gasteiger partial charge in [-0.3, -0.25) is 10.1 Å². The second-order valence-electron chi connectivity index (χ2n) is 5.87. The second kappa shape index (κ2) is 6.84. The highest BCUT2D eigenvalue weighted by Crippen LogP contribution is 2.31. The SMILES string of the molecule is COc1ccccc1NC(=O)C(C)NC1CCc2ccccc21. The molecule has 0 radical (unpaired) electrons. The van der Waals surface area contributed by atoms with Crippen molar-refractivity contribution in [3.8, 4) is 5.75 Å². The third kappa shape index (κ3) is 3.37. The van der Waals surface area contributed by atoms with Crippen LogP contribution in [0, 0.1) is 0 Å². The summed E-state index contributed by atoms with van der Waals surface area (Å²) >= 11 is 0. The molecule has 0 bridgehead atoms. The molecule has 2 N–H and O–H groups in total. The number of ether oxygens (including phenoxy) is 1. The molecule has 4 nitrogen and oxygen atoms in total. The molecule has 120 valence electrons. The van der Waals surface area contributed by atoms with E-state index in [2.05, 4.69) is 34.9 Å². The summed E-state index contributed by atoms with van der Waals surface area (Å²) in [7, 11) is 1.60. The van der Waals surface area contributed by atoms with Gasteiger partial charge in [-0.05, 0) is 43.0 Å². The number of methoxy groups -OCH3 is 1. The number of rotatable bonds is 5. The van der Waals surface area contributed by atoms with Crippen LogP contribution in [-0.2, 0) is 11.2 Å². The zero-order chi connectivity index (χ0) is 16.2. The van der Waals surface area contributed by atoms with Crippen LogP contribution >= 0.6 is 0 Å². The number of fused-ring (bicyclic) bond motifs is 1. The maximum absolute atomic E-state index is 12.5. The first kappa shape index (κ1) is 15.6. The Morgan fingerprint density at radius 3 is 2.74 bits per heavy atom.